The first-order valence-corrected chi connectivity index (χ1v) is 10.7. The van der Waals surface area contributed by atoms with Crippen LogP contribution in [0.25, 0.3) is 11.4 Å². The van der Waals surface area contributed by atoms with Crippen LogP contribution in [-0.2, 0) is 12.8 Å². The average Bonchev–Trinajstić information content (AvgIpc) is 3.19. The van der Waals surface area contributed by atoms with Gasteiger partial charge in [-0.2, -0.15) is 0 Å². The molecule has 3 N–H and O–H groups in total. The number of aromatic nitrogens is 2. The lowest BCUT2D eigenvalue weighted by atomic mass is 10.1. The molecule has 1 aromatic carbocycles. The molecule has 0 radical (unpaired) electrons. The molecule has 0 amide bonds. The van der Waals surface area contributed by atoms with E-state index >= 15 is 0 Å². The van der Waals surface area contributed by atoms with E-state index in [0.29, 0.717) is 44.1 Å². The number of aliphatic hydroxyl groups excluding tert-OH is 1. The fourth-order valence-electron chi connectivity index (χ4n) is 3.53. The minimum atomic E-state index is -0.103. The van der Waals surface area contributed by atoms with E-state index in [4.69, 9.17) is 9.72 Å². The van der Waals surface area contributed by atoms with Crippen molar-refractivity contribution in [3.8, 4) is 17.1 Å². The molecule has 0 bridgehead atoms. The van der Waals surface area contributed by atoms with Gasteiger partial charge in [-0.05, 0) is 37.5 Å². The number of benzene rings is 1. The van der Waals surface area contributed by atoms with Crippen molar-refractivity contribution in [3.63, 3.8) is 0 Å². The van der Waals surface area contributed by atoms with Crippen LogP contribution in [0.4, 0.5) is 5.69 Å². The summed E-state index contributed by atoms with van der Waals surface area (Å²) in [7, 11) is 0. The van der Waals surface area contributed by atoms with Gasteiger partial charge in [0.2, 0.25) is 0 Å². The number of anilines is 1. The van der Waals surface area contributed by atoms with Crippen LogP contribution in [0.15, 0.2) is 28.0 Å². The van der Waals surface area contributed by atoms with E-state index in [-0.39, 0.29) is 12.2 Å². The maximum absolute atomic E-state index is 12.6. The number of aliphatic imine (C=N–C) groups is 1. The van der Waals surface area contributed by atoms with Crippen LogP contribution in [0.3, 0.4) is 0 Å². The molecular formula is C22H31N5O3. The first-order chi connectivity index (χ1) is 14.6. The summed E-state index contributed by atoms with van der Waals surface area (Å²) in [6, 6.07) is 5.73. The fraction of sp³-hybridized carbons (Fsp3) is 0.500. The molecular weight excluding hydrogens is 382 g/mol. The van der Waals surface area contributed by atoms with Crippen LogP contribution in [0.2, 0.25) is 0 Å². The zero-order valence-electron chi connectivity index (χ0n) is 18.0. The molecule has 2 aromatic rings. The van der Waals surface area contributed by atoms with Gasteiger partial charge in [0.25, 0.3) is 5.56 Å². The number of nitrogens with zero attached hydrogens (tertiary/aromatic N) is 3. The first-order valence-electron chi connectivity index (χ1n) is 10.7. The normalized spacial score (nSPS) is 13.5. The highest BCUT2D eigenvalue weighted by atomic mass is 16.5. The number of H-pyrrole nitrogens is 1. The molecule has 0 aliphatic carbocycles. The molecule has 1 aromatic heterocycles. The van der Waals surface area contributed by atoms with Crippen molar-refractivity contribution < 1.29 is 9.84 Å². The number of hydrogen-bond acceptors (Lipinski definition) is 7. The lowest BCUT2D eigenvalue weighted by molar-refractivity contribution is 0.256. The van der Waals surface area contributed by atoms with Crippen LogP contribution in [0.1, 0.15) is 38.4 Å². The van der Waals surface area contributed by atoms with Gasteiger partial charge in [-0.15, -0.1) is 0 Å². The van der Waals surface area contributed by atoms with Gasteiger partial charge < -0.3 is 25.0 Å². The predicted octanol–water partition coefficient (Wildman–Crippen LogP) is 2.43. The largest absolute Gasteiger partial charge is 0.493 e. The second-order valence-corrected chi connectivity index (χ2v) is 7.15. The van der Waals surface area contributed by atoms with E-state index in [9.17, 15) is 9.90 Å². The smallest absolute Gasteiger partial charge is 0.254 e. The van der Waals surface area contributed by atoms with E-state index in [1.807, 2.05) is 36.9 Å². The molecule has 1 aliphatic rings. The Labute approximate surface area is 177 Å². The monoisotopic (exact) mass is 413 g/mol. The third-order valence-corrected chi connectivity index (χ3v) is 5.04. The number of hydrogen-bond donors (Lipinski definition) is 3. The Morgan fingerprint density at radius 1 is 1.27 bits per heavy atom. The van der Waals surface area contributed by atoms with Crippen molar-refractivity contribution in [2.24, 2.45) is 4.99 Å². The minimum Gasteiger partial charge on any atom is -0.493 e. The second kappa shape index (κ2) is 10.2. The molecule has 0 saturated carbocycles. The van der Waals surface area contributed by atoms with E-state index in [1.54, 1.807) is 0 Å². The van der Waals surface area contributed by atoms with E-state index in [0.717, 1.165) is 41.4 Å². The molecule has 8 nitrogen and oxygen atoms in total. The van der Waals surface area contributed by atoms with Gasteiger partial charge in [0.1, 0.15) is 11.6 Å². The van der Waals surface area contributed by atoms with Crippen LogP contribution >= 0.6 is 0 Å². The Kier molecular flexibility index (Phi) is 7.46. The Morgan fingerprint density at radius 2 is 2.10 bits per heavy atom. The molecule has 0 spiro atoms. The summed E-state index contributed by atoms with van der Waals surface area (Å²) < 4.78 is 5.93. The number of aliphatic hydroxyl groups is 1. The summed E-state index contributed by atoms with van der Waals surface area (Å²) in [4.78, 5) is 26.8. The Balaban J connectivity index is 2.00. The highest BCUT2D eigenvalue weighted by Gasteiger charge is 2.18. The van der Waals surface area contributed by atoms with Crippen molar-refractivity contribution in [3.05, 3.63) is 39.8 Å². The van der Waals surface area contributed by atoms with Gasteiger partial charge in [0, 0.05) is 24.3 Å². The molecule has 2 heterocycles. The number of aromatic amines is 1. The van der Waals surface area contributed by atoms with Crippen molar-refractivity contribution >= 4 is 11.6 Å². The zero-order valence-corrected chi connectivity index (χ0v) is 18.0. The summed E-state index contributed by atoms with van der Waals surface area (Å²) in [5.74, 6) is 1.91. The standard InChI is InChI=1S/C22H31N5O3/c1-4-13-30-19-8-7-15(24-22-23-9-10-27(22)11-12-28)14-17(19)20-25-18(6-3)16(5-2)21(29)26-20/h7-8,14,28H,4-6,9-13H2,1-3H3,(H,23,24)(H,25,26,29). The van der Waals surface area contributed by atoms with Crippen LogP contribution < -0.4 is 15.6 Å². The van der Waals surface area contributed by atoms with E-state index < -0.39 is 0 Å². The highest BCUT2D eigenvalue weighted by molar-refractivity contribution is 5.95. The number of nitrogens with one attached hydrogen (secondary N) is 2. The highest BCUT2D eigenvalue weighted by Crippen LogP contribution is 2.31. The lowest BCUT2D eigenvalue weighted by Gasteiger charge is -2.20. The van der Waals surface area contributed by atoms with Gasteiger partial charge in [-0.3, -0.25) is 9.79 Å². The molecule has 3 rings (SSSR count). The Bertz CT molecular complexity index is 954. The third-order valence-electron chi connectivity index (χ3n) is 5.04. The quantitative estimate of drug-likeness (QED) is 0.583. The van der Waals surface area contributed by atoms with Gasteiger partial charge in [0.05, 0.1) is 31.0 Å². The molecule has 0 fully saturated rings. The maximum atomic E-state index is 12.6. The SMILES string of the molecule is CCCOc1ccc(NC2=NCCN2CCO)cc1-c1nc(CC)c(CC)c(=O)[nH]1. The average molecular weight is 414 g/mol. The van der Waals surface area contributed by atoms with Crippen molar-refractivity contribution in [1.82, 2.24) is 14.9 Å². The molecule has 0 unspecified atom stereocenters. The number of ether oxygens (including phenoxy) is 1. The number of aryl methyl sites for hydroxylation is 1. The summed E-state index contributed by atoms with van der Waals surface area (Å²) >= 11 is 0. The number of β-amino-alcohol motifs (C(OH)–C–C–N with tert-alkyl or cyclic N) is 1. The third kappa shape index (κ3) is 4.81. The fourth-order valence-corrected chi connectivity index (χ4v) is 3.53. The molecule has 8 heteroatoms. The maximum Gasteiger partial charge on any atom is 0.254 e. The molecule has 0 saturated heterocycles. The van der Waals surface area contributed by atoms with Crippen LogP contribution in [0, 0.1) is 0 Å². The van der Waals surface area contributed by atoms with Crippen LogP contribution in [-0.4, -0.2) is 58.8 Å². The van der Waals surface area contributed by atoms with Gasteiger partial charge >= 0.3 is 0 Å². The predicted molar refractivity (Wildman–Crippen MR) is 119 cm³/mol. The lowest BCUT2D eigenvalue weighted by Crippen LogP contribution is -2.35. The van der Waals surface area contributed by atoms with Crippen molar-refractivity contribution in [2.75, 3.05) is 38.2 Å². The molecule has 30 heavy (non-hydrogen) atoms. The summed E-state index contributed by atoms with van der Waals surface area (Å²) in [6.45, 7) is 8.68. The van der Waals surface area contributed by atoms with Crippen LogP contribution in [0.5, 0.6) is 5.75 Å². The zero-order chi connectivity index (χ0) is 21.5. The minimum absolute atomic E-state index is 0.0739. The van der Waals surface area contributed by atoms with Gasteiger partial charge in [-0.1, -0.05) is 20.8 Å². The summed E-state index contributed by atoms with van der Waals surface area (Å²) in [5, 5.41) is 12.6. The number of guanidine groups is 1. The van der Waals surface area contributed by atoms with Crippen molar-refractivity contribution in [2.45, 2.75) is 40.0 Å². The van der Waals surface area contributed by atoms with Gasteiger partial charge in [0.15, 0.2) is 5.96 Å². The van der Waals surface area contributed by atoms with E-state index in [1.165, 1.54) is 0 Å². The topological polar surface area (TPSA) is 103 Å². The van der Waals surface area contributed by atoms with Crippen molar-refractivity contribution in [1.29, 1.82) is 0 Å². The first kappa shape index (κ1) is 21.8. The Morgan fingerprint density at radius 3 is 2.80 bits per heavy atom. The van der Waals surface area contributed by atoms with E-state index in [2.05, 4.69) is 22.2 Å². The summed E-state index contributed by atoms with van der Waals surface area (Å²) in [5.41, 5.74) is 2.98. The molecule has 1 aliphatic heterocycles. The summed E-state index contributed by atoms with van der Waals surface area (Å²) in [6.07, 6.45) is 2.22. The number of rotatable bonds is 9. The van der Waals surface area contributed by atoms with Gasteiger partial charge in [-0.25, -0.2) is 4.98 Å². The second-order valence-electron chi connectivity index (χ2n) is 7.15. The Hall–Kier alpha value is -2.87. The molecule has 162 valence electrons. The molecule has 0 atom stereocenters.